The summed E-state index contributed by atoms with van der Waals surface area (Å²) < 4.78 is 0.976. The van der Waals surface area contributed by atoms with Crippen molar-refractivity contribution >= 4 is 34.3 Å². The van der Waals surface area contributed by atoms with Crippen LogP contribution in [0.15, 0.2) is 28.7 Å². The number of carboxylic acid groups (broad SMARTS) is 1. The molecule has 0 spiro atoms. The van der Waals surface area contributed by atoms with Gasteiger partial charge in [-0.25, -0.2) is 0 Å². The molecule has 0 saturated carbocycles. The predicted octanol–water partition coefficient (Wildman–Crippen LogP) is 2.62. The van der Waals surface area contributed by atoms with Crippen molar-refractivity contribution in [2.75, 3.05) is 6.54 Å². The van der Waals surface area contributed by atoms with Crippen LogP contribution in [0.1, 0.15) is 18.4 Å². The summed E-state index contributed by atoms with van der Waals surface area (Å²) in [5.41, 5.74) is 0.267. The molecule has 1 heterocycles. The Balaban J connectivity index is 0.00000144. The normalized spacial score (nSPS) is 23.1. The van der Waals surface area contributed by atoms with Gasteiger partial charge in [-0.3, -0.25) is 4.79 Å². The maximum Gasteiger partial charge on any atom is 0.324 e. The molecule has 1 aliphatic heterocycles. The van der Waals surface area contributed by atoms with Gasteiger partial charge in [-0.05, 0) is 31.0 Å². The van der Waals surface area contributed by atoms with Crippen LogP contribution < -0.4 is 5.32 Å². The molecule has 0 bridgehead atoms. The Morgan fingerprint density at radius 2 is 2.18 bits per heavy atom. The molecular formula is C12H15BrClNO2. The summed E-state index contributed by atoms with van der Waals surface area (Å²) in [6.45, 7) is 0.788. The number of hydrogen-bond donors (Lipinski definition) is 2. The molecule has 1 atom stereocenters. The maximum absolute atomic E-state index is 11.4. The number of carbonyl (C=O) groups is 1. The first-order valence-electron chi connectivity index (χ1n) is 5.36. The van der Waals surface area contributed by atoms with E-state index in [4.69, 9.17) is 0 Å². The third-order valence-corrected chi connectivity index (χ3v) is 3.88. The molecule has 5 heteroatoms. The van der Waals surface area contributed by atoms with Crippen LogP contribution in [-0.4, -0.2) is 23.2 Å². The first kappa shape index (κ1) is 14.5. The fourth-order valence-corrected chi connectivity index (χ4v) is 2.61. The second kappa shape index (κ2) is 5.85. The smallest absolute Gasteiger partial charge is 0.324 e. The second-order valence-electron chi connectivity index (χ2n) is 4.19. The number of benzene rings is 1. The number of carboxylic acids is 1. The van der Waals surface area contributed by atoms with Gasteiger partial charge in [-0.2, -0.15) is 0 Å². The van der Waals surface area contributed by atoms with Gasteiger partial charge in [0.25, 0.3) is 0 Å². The van der Waals surface area contributed by atoms with E-state index in [1.165, 1.54) is 0 Å². The van der Waals surface area contributed by atoms with Gasteiger partial charge in [0.05, 0.1) is 0 Å². The number of hydrogen-bond acceptors (Lipinski definition) is 2. The molecule has 3 nitrogen and oxygen atoms in total. The van der Waals surface area contributed by atoms with Crippen molar-refractivity contribution in [3.05, 3.63) is 34.3 Å². The van der Waals surface area contributed by atoms with Gasteiger partial charge in [-0.15, -0.1) is 12.4 Å². The first-order chi connectivity index (χ1) is 7.64. The van der Waals surface area contributed by atoms with Crippen molar-refractivity contribution in [3.8, 4) is 0 Å². The average Bonchev–Trinajstić information content (AvgIpc) is 2.71. The van der Waals surface area contributed by atoms with Gasteiger partial charge in [-0.1, -0.05) is 34.1 Å². The fourth-order valence-electron chi connectivity index (χ4n) is 2.18. The molecule has 0 aromatic heterocycles. The van der Waals surface area contributed by atoms with E-state index in [1.54, 1.807) is 0 Å². The van der Waals surface area contributed by atoms with Crippen LogP contribution in [0.25, 0.3) is 0 Å². The minimum atomic E-state index is -0.774. The standard InChI is InChI=1S/C12H14BrNO2.ClH/c13-10-5-2-1-4-9(10)8-12(11(15)16)6-3-7-14-12;/h1-2,4-5,14H,3,6-8H2,(H,15,16);1H. The predicted molar refractivity (Wildman–Crippen MR) is 72.7 cm³/mol. The van der Waals surface area contributed by atoms with Crippen molar-refractivity contribution in [1.82, 2.24) is 5.32 Å². The lowest BCUT2D eigenvalue weighted by atomic mass is 9.89. The summed E-state index contributed by atoms with van der Waals surface area (Å²) in [7, 11) is 0. The van der Waals surface area contributed by atoms with Gasteiger partial charge in [0.2, 0.25) is 0 Å². The van der Waals surface area contributed by atoms with Gasteiger partial charge in [0, 0.05) is 10.9 Å². The topological polar surface area (TPSA) is 49.3 Å². The number of aliphatic carboxylic acids is 1. The Morgan fingerprint density at radius 1 is 1.47 bits per heavy atom. The number of rotatable bonds is 3. The molecule has 1 fully saturated rings. The van der Waals surface area contributed by atoms with Crippen molar-refractivity contribution in [1.29, 1.82) is 0 Å². The summed E-state index contributed by atoms with van der Waals surface area (Å²) in [4.78, 5) is 11.4. The van der Waals surface area contributed by atoms with Crippen molar-refractivity contribution in [2.24, 2.45) is 0 Å². The van der Waals surface area contributed by atoms with Crippen LogP contribution in [-0.2, 0) is 11.2 Å². The van der Waals surface area contributed by atoms with Crippen molar-refractivity contribution in [2.45, 2.75) is 24.8 Å². The minimum Gasteiger partial charge on any atom is -0.480 e. The van der Waals surface area contributed by atoms with Crippen molar-refractivity contribution < 1.29 is 9.90 Å². The highest BCUT2D eigenvalue weighted by molar-refractivity contribution is 9.10. The average molecular weight is 321 g/mol. The van der Waals surface area contributed by atoms with E-state index in [1.807, 2.05) is 24.3 Å². The SMILES string of the molecule is Cl.O=C(O)C1(Cc2ccccc2Br)CCCN1. The minimum absolute atomic E-state index is 0. The van der Waals surface area contributed by atoms with Gasteiger partial charge in [0.15, 0.2) is 0 Å². The molecule has 1 aliphatic rings. The van der Waals surface area contributed by atoms with E-state index in [-0.39, 0.29) is 12.4 Å². The van der Waals surface area contributed by atoms with Crippen LogP contribution in [0.3, 0.4) is 0 Å². The molecule has 1 unspecified atom stereocenters. The molecule has 94 valence electrons. The Bertz CT molecular complexity index is 405. The molecule has 1 aromatic carbocycles. The van der Waals surface area contributed by atoms with E-state index < -0.39 is 11.5 Å². The van der Waals surface area contributed by atoms with E-state index in [2.05, 4.69) is 21.2 Å². The molecular weight excluding hydrogens is 305 g/mol. The molecule has 0 radical (unpaired) electrons. The molecule has 0 aliphatic carbocycles. The zero-order valence-electron chi connectivity index (χ0n) is 9.28. The van der Waals surface area contributed by atoms with Crippen LogP contribution in [0.4, 0.5) is 0 Å². The lowest BCUT2D eigenvalue weighted by molar-refractivity contribution is -0.144. The number of nitrogens with one attached hydrogen (secondary N) is 1. The molecule has 1 saturated heterocycles. The Labute approximate surface area is 115 Å². The van der Waals surface area contributed by atoms with Crippen LogP contribution in [0.5, 0.6) is 0 Å². The number of halogens is 2. The lowest BCUT2D eigenvalue weighted by Gasteiger charge is -2.25. The van der Waals surface area contributed by atoms with Crippen LogP contribution in [0.2, 0.25) is 0 Å². The Hall–Kier alpha value is -0.580. The van der Waals surface area contributed by atoms with Crippen LogP contribution in [0, 0.1) is 0 Å². The Morgan fingerprint density at radius 3 is 2.71 bits per heavy atom. The van der Waals surface area contributed by atoms with E-state index in [0.717, 1.165) is 23.0 Å². The van der Waals surface area contributed by atoms with Crippen LogP contribution >= 0.6 is 28.3 Å². The summed E-state index contributed by atoms with van der Waals surface area (Å²) in [5.74, 6) is -0.749. The largest absolute Gasteiger partial charge is 0.480 e. The third kappa shape index (κ3) is 3.00. The van der Waals surface area contributed by atoms with Gasteiger partial charge in [0.1, 0.15) is 5.54 Å². The zero-order chi connectivity index (χ0) is 11.6. The van der Waals surface area contributed by atoms with E-state index >= 15 is 0 Å². The highest BCUT2D eigenvalue weighted by Gasteiger charge is 2.41. The monoisotopic (exact) mass is 319 g/mol. The summed E-state index contributed by atoms with van der Waals surface area (Å²) >= 11 is 3.46. The van der Waals surface area contributed by atoms with Gasteiger partial charge < -0.3 is 10.4 Å². The summed E-state index contributed by atoms with van der Waals surface area (Å²) in [6, 6.07) is 7.78. The molecule has 0 amide bonds. The lowest BCUT2D eigenvalue weighted by Crippen LogP contribution is -2.49. The zero-order valence-corrected chi connectivity index (χ0v) is 11.7. The highest BCUT2D eigenvalue weighted by atomic mass is 79.9. The van der Waals surface area contributed by atoms with Gasteiger partial charge >= 0.3 is 5.97 Å². The molecule has 2 rings (SSSR count). The molecule has 1 aromatic rings. The van der Waals surface area contributed by atoms with E-state index in [0.29, 0.717) is 12.8 Å². The maximum atomic E-state index is 11.4. The molecule has 17 heavy (non-hydrogen) atoms. The summed E-state index contributed by atoms with van der Waals surface area (Å²) in [6.07, 6.45) is 2.16. The highest BCUT2D eigenvalue weighted by Crippen LogP contribution is 2.27. The quantitative estimate of drug-likeness (QED) is 0.900. The summed E-state index contributed by atoms with van der Waals surface area (Å²) in [5, 5.41) is 12.5. The third-order valence-electron chi connectivity index (χ3n) is 3.10. The van der Waals surface area contributed by atoms with Crippen molar-refractivity contribution in [3.63, 3.8) is 0 Å². The fraction of sp³-hybridized carbons (Fsp3) is 0.417. The first-order valence-corrected chi connectivity index (χ1v) is 6.15. The molecule has 2 N–H and O–H groups in total. The Kier molecular flexibility index (Phi) is 4.98. The van der Waals surface area contributed by atoms with E-state index in [9.17, 15) is 9.90 Å². The second-order valence-corrected chi connectivity index (χ2v) is 5.04.